The lowest BCUT2D eigenvalue weighted by molar-refractivity contribution is 0.170. The Morgan fingerprint density at radius 2 is 2.10 bits per heavy atom. The van der Waals surface area contributed by atoms with Crippen LogP contribution in [0.2, 0.25) is 0 Å². The van der Waals surface area contributed by atoms with Crippen LogP contribution in [0.5, 0.6) is 5.75 Å². The van der Waals surface area contributed by atoms with Gasteiger partial charge in [-0.05, 0) is 38.0 Å². The molecule has 3 aromatic rings. The minimum absolute atomic E-state index is 0.240. The van der Waals surface area contributed by atoms with Gasteiger partial charge < -0.3 is 14.8 Å². The first-order chi connectivity index (χ1) is 13.9. The lowest BCUT2D eigenvalue weighted by Crippen LogP contribution is -2.17. The van der Waals surface area contributed by atoms with Gasteiger partial charge in [0, 0.05) is 18.8 Å². The Labute approximate surface area is 174 Å². The number of fused-ring (bicyclic) bond motifs is 1. The van der Waals surface area contributed by atoms with Gasteiger partial charge in [0.25, 0.3) is 5.56 Å². The number of halogens is 1. The van der Waals surface area contributed by atoms with Crippen molar-refractivity contribution in [2.24, 2.45) is 7.05 Å². The Kier molecular flexibility index (Phi) is 6.59. The molecule has 2 N–H and O–H groups in total. The zero-order chi connectivity index (χ0) is 21.1. The van der Waals surface area contributed by atoms with Crippen molar-refractivity contribution in [3.63, 3.8) is 0 Å². The maximum absolute atomic E-state index is 12.8. The second-order valence-electron chi connectivity index (χ2n) is 7.12. The van der Waals surface area contributed by atoms with Gasteiger partial charge in [-0.1, -0.05) is 19.4 Å². The Morgan fingerprint density at radius 3 is 2.72 bits per heavy atom. The summed E-state index contributed by atoms with van der Waals surface area (Å²) in [5.74, 6) is 1.06. The first kappa shape index (κ1) is 21.3. The van der Waals surface area contributed by atoms with Gasteiger partial charge in [-0.3, -0.25) is 9.48 Å². The molecule has 7 nitrogen and oxygen atoms in total. The van der Waals surface area contributed by atoms with Crippen molar-refractivity contribution < 1.29 is 9.84 Å². The number of aliphatic hydroxyl groups excluding tert-OH is 1. The molecular weight excluding hydrogens is 392 g/mol. The van der Waals surface area contributed by atoms with Gasteiger partial charge >= 0.3 is 0 Å². The molecule has 2 atom stereocenters. The molecule has 2 unspecified atom stereocenters. The Bertz CT molecular complexity index is 1060. The molecule has 2 aromatic heterocycles. The third-order valence-corrected chi connectivity index (χ3v) is 5.32. The minimum Gasteiger partial charge on any atom is -0.493 e. The molecule has 0 saturated carbocycles. The molecule has 0 aliphatic heterocycles. The van der Waals surface area contributed by atoms with Gasteiger partial charge in [0.15, 0.2) is 5.52 Å². The number of benzene rings is 1. The summed E-state index contributed by atoms with van der Waals surface area (Å²) < 4.78 is 7.35. The van der Waals surface area contributed by atoms with E-state index < -0.39 is 6.10 Å². The Hall–Kier alpha value is -2.38. The first-order valence-electron chi connectivity index (χ1n) is 9.88. The molecule has 0 fully saturated rings. The van der Waals surface area contributed by atoms with Gasteiger partial charge in [0.1, 0.15) is 17.1 Å². The number of aliphatic hydroxyl groups is 1. The lowest BCUT2D eigenvalue weighted by Gasteiger charge is -2.19. The van der Waals surface area contributed by atoms with E-state index in [4.69, 9.17) is 21.3 Å². The largest absolute Gasteiger partial charge is 0.493 e. The summed E-state index contributed by atoms with van der Waals surface area (Å²) in [5, 5.41) is 14.6. The second-order valence-corrected chi connectivity index (χ2v) is 7.43. The summed E-state index contributed by atoms with van der Waals surface area (Å²) in [6, 6.07) is 5.60. The summed E-state index contributed by atoms with van der Waals surface area (Å²) in [4.78, 5) is 20.4. The van der Waals surface area contributed by atoms with Crippen molar-refractivity contribution in [1.82, 2.24) is 19.7 Å². The third-order valence-electron chi connectivity index (χ3n) is 4.98. The maximum Gasteiger partial charge on any atom is 0.277 e. The highest BCUT2D eigenvalue weighted by molar-refractivity contribution is 6.18. The molecule has 0 bridgehead atoms. The fraction of sp³-hybridized carbons (Fsp3) is 0.476. The number of rotatable bonds is 8. The van der Waals surface area contributed by atoms with Crippen molar-refractivity contribution in [3.8, 4) is 17.1 Å². The normalized spacial score (nSPS) is 13.6. The van der Waals surface area contributed by atoms with Gasteiger partial charge in [0.05, 0.1) is 24.0 Å². The number of aryl methyl sites for hydroxylation is 2. The predicted molar refractivity (Wildman–Crippen MR) is 115 cm³/mol. The van der Waals surface area contributed by atoms with Crippen molar-refractivity contribution in [2.75, 3.05) is 12.5 Å². The Balaban J connectivity index is 2.23. The van der Waals surface area contributed by atoms with E-state index in [0.717, 1.165) is 24.1 Å². The minimum atomic E-state index is -0.609. The van der Waals surface area contributed by atoms with Crippen LogP contribution in [0.3, 0.4) is 0 Å². The molecule has 8 heteroatoms. The van der Waals surface area contributed by atoms with Gasteiger partial charge in [-0.2, -0.15) is 5.10 Å². The number of nitrogens with zero attached hydrogens (tertiary/aromatic N) is 3. The summed E-state index contributed by atoms with van der Waals surface area (Å²) in [7, 11) is 1.75. The van der Waals surface area contributed by atoms with Crippen LogP contribution in [0.15, 0.2) is 23.0 Å². The van der Waals surface area contributed by atoms with Crippen LogP contribution < -0.4 is 10.3 Å². The van der Waals surface area contributed by atoms with Gasteiger partial charge in [-0.25, -0.2) is 4.98 Å². The molecule has 0 saturated heterocycles. The number of aromatic nitrogens is 4. The van der Waals surface area contributed by atoms with Gasteiger partial charge in [-0.15, -0.1) is 11.6 Å². The number of alkyl halides is 1. The Morgan fingerprint density at radius 1 is 1.34 bits per heavy atom. The number of ether oxygens (including phenoxy) is 1. The monoisotopic (exact) mass is 418 g/mol. The average molecular weight is 419 g/mol. The molecule has 2 heterocycles. The van der Waals surface area contributed by atoms with Crippen LogP contribution in [0, 0.1) is 0 Å². The zero-order valence-corrected chi connectivity index (χ0v) is 18.0. The van der Waals surface area contributed by atoms with Crippen molar-refractivity contribution in [2.45, 2.75) is 45.6 Å². The molecule has 1 aromatic carbocycles. The van der Waals surface area contributed by atoms with Crippen molar-refractivity contribution >= 4 is 22.6 Å². The second kappa shape index (κ2) is 8.97. The quantitative estimate of drug-likeness (QED) is 0.547. The van der Waals surface area contributed by atoms with E-state index in [2.05, 4.69) is 17.0 Å². The molecule has 156 valence electrons. The number of hydrogen-bond donors (Lipinski definition) is 2. The van der Waals surface area contributed by atoms with Crippen LogP contribution in [0.25, 0.3) is 22.4 Å². The van der Waals surface area contributed by atoms with Crippen LogP contribution in [-0.2, 0) is 13.5 Å². The van der Waals surface area contributed by atoms with E-state index in [-0.39, 0.29) is 17.4 Å². The number of aromatic amines is 1. The highest BCUT2D eigenvalue weighted by Gasteiger charge is 2.21. The van der Waals surface area contributed by atoms with Crippen molar-refractivity contribution in [1.29, 1.82) is 0 Å². The fourth-order valence-corrected chi connectivity index (χ4v) is 3.96. The number of H-pyrrole nitrogens is 1. The number of nitrogens with one attached hydrogen (secondary N) is 1. The van der Waals surface area contributed by atoms with E-state index in [9.17, 15) is 9.90 Å². The van der Waals surface area contributed by atoms with Crippen LogP contribution in [0.1, 0.15) is 44.4 Å². The maximum atomic E-state index is 12.8. The fourth-order valence-electron chi connectivity index (χ4n) is 3.52. The SMILES string of the molecule is CCCc1nn(C)c2c(=O)[nH]c(-c3cc(C(CCl)C(C)O)ccc3OCC)nc12. The van der Waals surface area contributed by atoms with Gasteiger partial charge in [0.2, 0.25) is 0 Å². The van der Waals surface area contributed by atoms with Crippen molar-refractivity contribution in [3.05, 3.63) is 39.8 Å². The highest BCUT2D eigenvalue weighted by atomic mass is 35.5. The third kappa shape index (κ3) is 4.16. The summed E-state index contributed by atoms with van der Waals surface area (Å²) >= 11 is 6.08. The molecule has 3 rings (SSSR count). The van der Waals surface area contributed by atoms with E-state index in [1.807, 2.05) is 25.1 Å². The highest BCUT2D eigenvalue weighted by Crippen LogP contribution is 2.33. The molecule has 0 radical (unpaired) electrons. The lowest BCUT2D eigenvalue weighted by atomic mass is 9.94. The zero-order valence-electron chi connectivity index (χ0n) is 17.2. The molecule has 29 heavy (non-hydrogen) atoms. The predicted octanol–water partition coefficient (Wildman–Crippen LogP) is 3.38. The molecule has 0 amide bonds. The summed E-state index contributed by atoms with van der Waals surface area (Å²) in [5.41, 5.74) is 3.12. The smallest absolute Gasteiger partial charge is 0.277 e. The number of hydrogen-bond acceptors (Lipinski definition) is 5. The van der Waals surface area contributed by atoms with Crippen LogP contribution in [-0.4, -0.2) is 43.4 Å². The van der Waals surface area contributed by atoms with E-state index in [0.29, 0.717) is 34.8 Å². The summed E-state index contributed by atoms with van der Waals surface area (Å²) in [6.07, 6.45) is 1.03. The standard InChI is InChI=1S/C21H27ClN4O3/c1-5-7-16-18-19(26(4)25-16)21(28)24-20(23-18)14-10-13(15(11-22)12(3)27)8-9-17(14)29-6-2/h8-10,12,15,27H,5-7,11H2,1-4H3,(H,23,24,28). The topological polar surface area (TPSA) is 93.0 Å². The van der Waals surface area contributed by atoms with E-state index >= 15 is 0 Å². The van der Waals surface area contributed by atoms with E-state index in [1.165, 1.54) is 0 Å². The average Bonchev–Trinajstić information content (AvgIpc) is 2.99. The summed E-state index contributed by atoms with van der Waals surface area (Å²) in [6.45, 7) is 6.15. The van der Waals surface area contributed by atoms with E-state index in [1.54, 1.807) is 18.7 Å². The van der Waals surface area contributed by atoms with Crippen LogP contribution >= 0.6 is 11.6 Å². The molecule has 0 spiro atoms. The van der Waals surface area contributed by atoms with Crippen LogP contribution in [0.4, 0.5) is 0 Å². The molecular formula is C21H27ClN4O3. The molecule has 0 aliphatic carbocycles. The molecule has 0 aliphatic rings. The first-order valence-corrected chi connectivity index (χ1v) is 10.4.